The normalized spacial score (nSPS) is 26.2. The molecular formula is C24H27ClN2O4. The van der Waals surface area contributed by atoms with Gasteiger partial charge in [0.05, 0.1) is 23.8 Å². The highest BCUT2D eigenvalue weighted by atomic mass is 35.5. The number of anilines is 1. The van der Waals surface area contributed by atoms with E-state index in [1.807, 2.05) is 30.0 Å². The summed E-state index contributed by atoms with van der Waals surface area (Å²) in [5.74, 6) is -0.566. The van der Waals surface area contributed by atoms with Crippen LogP contribution in [0.5, 0.6) is 0 Å². The van der Waals surface area contributed by atoms with Crippen molar-refractivity contribution in [2.24, 2.45) is 5.92 Å². The SMILES string of the molecule is COC1CC2C(=O)N(c3ccc(Cl)cc3)C(=O)N(Cc3cccc(C)c3)C2CC1OC. The summed E-state index contributed by atoms with van der Waals surface area (Å²) in [5, 5.41) is 0.551. The highest BCUT2D eigenvalue weighted by Crippen LogP contribution is 2.39. The van der Waals surface area contributed by atoms with E-state index in [2.05, 4.69) is 6.07 Å². The zero-order valence-electron chi connectivity index (χ0n) is 18.0. The van der Waals surface area contributed by atoms with Gasteiger partial charge in [0, 0.05) is 31.8 Å². The van der Waals surface area contributed by atoms with Crippen molar-refractivity contribution in [3.8, 4) is 0 Å². The number of imide groups is 1. The maximum atomic E-state index is 13.6. The monoisotopic (exact) mass is 442 g/mol. The number of hydrogen-bond acceptors (Lipinski definition) is 4. The maximum absolute atomic E-state index is 13.6. The van der Waals surface area contributed by atoms with Crippen LogP contribution in [0.15, 0.2) is 48.5 Å². The summed E-state index contributed by atoms with van der Waals surface area (Å²) < 4.78 is 11.3. The number of hydrogen-bond donors (Lipinski definition) is 0. The first-order chi connectivity index (χ1) is 14.9. The van der Waals surface area contributed by atoms with Crippen molar-refractivity contribution in [2.75, 3.05) is 19.1 Å². The Hall–Kier alpha value is -2.41. The van der Waals surface area contributed by atoms with Crippen molar-refractivity contribution in [2.45, 2.75) is 44.6 Å². The Morgan fingerprint density at radius 1 is 1.00 bits per heavy atom. The summed E-state index contributed by atoms with van der Waals surface area (Å²) in [7, 11) is 3.28. The molecule has 2 aliphatic rings. The summed E-state index contributed by atoms with van der Waals surface area (Å²) in [6, 6.07) is 14.3. The second-order valence-electron chi connectivity index (χ2n) is 8.24. The average molecular weight is 443 g/mol. The van der Waals surface area contributed by atoms with E-state index in [-0.39, 0.29) is 36.1 Å². The van der Waals surface area contributed by atoms with E-state index < -0.39 is 0 Å². The van der Waals surface area contributed by atoms with Gasteiger partial charge in [0.15, 0.2) is 0 Å². The van der Waals surface area contributed by atoms with Crippen LogP contribution in [0.25, 0.3) is 0 Å². The summed E-state index contributed by atoms with van der Waals surface area (Å²) in [6.45, 7) is 2.45. The molecule has 6 nitrogen and oxygen atoms in total. The number of halogens is 1. The highest BCUT2D eigenvalue weighted by Gasteiger charge is 2.52. The molecule has 164 valence electrons. The smallest absolute Gasteiger partial charge is 0.331 e. The van der Waals surface area contributed by atoms with Gasteiger partial charge in [-0.2, -0.15) is 0 Å². The van der Waals surface area contributed by atoms with Crippen molar-refractivity contribution in [3.63, 3.8) is 0 Å². The van der Waals surface area contributed by atoms with Crippen molar-refractivity contribution in [1.82, 2.24) is 4.90 Å². The molecular weight excluding hydrogens is 416 g/mol. The topological polar surface area (TPSA) is 59.1 Å². The van der Waals surface area contributed by atoms with Gasteiger partial charge in [-0.1, -0.05) is 41.4 Å². The molecule has 1 aliphatic carbocycles. The summed E-state index contributed by atoms with van der Waals surface area (Å²) in [4.78, 5) is 30.2. The fourth-order valence-corrected chi connectivity index (χ4v) is 4.90. The first-order valence-corrected chi connectivity index (χ1v) is 10.8. The highest BCUT2D eigenvalue weighted by molar-refractivity contribution is 6.30. The van der Waals surface area contributed by atoms with Crippen molar-refractivity contribution in [3.05, 3.63) is 64.7 Å². The van der Waals surface area contributed by atoms with Gasteiger partial charge in [0.2, 0.25) is 5.91 Å². The standard InChI is InChI=1S/C24H27ClN2O4/c1-15-5-4-6-16(11-15)14-26-20-13-22(31-3)21(30-2)12-19(20)23(28)27(24(26)29)18-9-7-17(25)8-10-18/h4-11,19-22H,12-14H2,1-3H3. The van der Waals surface area contributed by atoms with Gasteiger partial charge in [-0.15, -0.1) is 0 Å². The first kappa shape index (κ1) is 21.8. The molecule has 1 heterocycles. The number of ether oxygens (including phenoxy) is 2. The van der Waals surface area contributed by atoms with Crippen molar-refractivity contribution < 1.29 is 19.1 Å². The molecule has 0 radical (unpaired) electrons. The molecule has 0 N–H and O–H groups in total. The van der Waals surface area contributed by atoms with E-state index in [0.717, 1.165) is 11.1 Å². The maximum Gasteiger partial charge on any atom is 0.331 e. The van der Waals surface area contributed by atoms with Crippen LogP contribution in [-0.4, -0.2) is 49.3 Å². The molecule has 1 aliphatic heterocycles. The predicted molar refractivity (Wildman–Crippen MR) is 119 cm³/mol. The van der Waals surface area contributed by atoms with E-state index in [1.54, 1.807) is 38.5 Å². The van der Waals surface area contributed by atoms with Crippen LogP contribution in [0.4, 0.5) is 10.5 Å². The summed E-state index contributed by atoms with van der Waals surface area (Å²) in [6.07, 6.45) is 0.683. The van der Waals surface area contributed by atoms with Crippen molar-refractivity contribution >= 4 is 29.2 Å². The number of benzene rings is 2. The van der Waals surface area contributed by atoms with E-state index in [0.29, 0.717) is 30.1 Å². The molecule has 2 fully saturated rings. The van der Waals surface area contributed by atoms with Gasteiger partial charge < -0.3 is 14.4 Å². The Kier molecular flexibility index (Phi) is 6.32. The number of amides is 3. The Morgan fingerprint density at radius 3 is 2.32 bits per heavy atom. The van der Waals surface area contributed by atoms with E-state index in [4.69, 9.17) is 21.1 Å². The molecule has 4 atom stereocenters. The van der Waals surface area contributed by atoms with Crippen LogP contribution in [0.2, 0.25) is 5.02 Å². The molecule has 4 unspecified atom stereocenters. The zero-order chi connectivity index (χ0) is 22.1. The second kappa shape index (κ2) is 8.99. The number of urea groups is 1. The fourth-order valence-electron chi connectivity index (χ4n) is 4.77. The average Bonchev–Trinajstić information content (AvgIpc) is 2.77. The minimum Gasteiger partial charge on any atom is -0.379 e. The zero-order valence-corrected chi connectivity index (χ0v) is 18.7. The number of carbonyl (C=O) groups excluding carboxylic acids is 2. The van der Waals surface area contributed by atoms with Gasteiger partial charge in [0.25, 0.3) is 0 Å². The van der Waals surface area contributed by atoms with Gasteiger partial charge in [-0.25, -0.2) is 9.69 Å². The lowest BCUT2D eigenvalue weighted by Gasteiger charge is -2.49. The molecule has 1 saturated heterocycles. The number of fused-ring (bicyclic) bond motifs is 1. The van der Waals surface area contributed by atoms with Gasteiger partial charge >= 0.3 is 6.03 Å². The lowest BCUT2D eigenvalue weighted by Crippen LogP contribution is -2.65. The molecule has 2 aromatic rings. The van der Waals surface area contributed by atoms with Crippen molar-refractivity contribution in [1.29, 1.82) is 0 Å². The van der Waals surface area contributed by atoms with E-state index in [1.165, 1.54) is 4.90 Å². The van der Waals surface area contributed by atoms with E-state index >= 15 is 0 Å². The summed E-state index contributed by atoms with van der Waals surface area (Å²) >= 11 is 6.03. The van der Waals surface area contributed by atoms with Gasteiger partial charge in [-0.05, 0) is 49.6 Å². The third kappa shape index (κ3) is 4.20. The quantitative estimate of drug-likeness (QED) is 0.687. The Morgan fingerprint density at radius 2 is 1.68 bits per heavy atom. The number of rotatable bonds is 5. The molecule has 0 bridgehead atoms. The lowest BCUT2D eigenvalue weighted by atomic mass is 9.77. The molecule has 31 heavy (non-hydrogen) atoms. The number of methoxy groups -OCH3 is 2. The molecule has 0 spiro atoms. The minimum atomic E-state index is -0.366. The number of nitrogens with zero attached hydrogens (tertiary/aromatic N) is 2. The van der Waals surface area contributed by atoms with Crippen LogP contribution < -0.4 is 4.90 Å². The molecule has 0 aromatic heterocycles. The molecule has 7 heteroatoms. The van der Waals surface area contributed by atoms with Crippen LogP contribution >= 0.6 is 11.6 Å². The number of aryl methyl sites for hydroxylation is 1. The third-order valence-corrected chi connectivity index (χ3v) is 6.59. The summed E-state index contributed by atoms with van der Waals surface area (Å²) in [5.41, 5.74) is 2.68. The van der Waals surface area contributed by atoms with Crippen LogP contribution in [0.3, 0.4) is 0 Å². The van der Waals surface area contributed by atoms with E-state index in [9.17, 15) is 9.59 Å². The van der Waals surface area contributed by atoms with Crippen LogP contribution in [-0.2, 0) is 20.8 Å². The Balaban J connectivity index is 1.73. The minimum absolute atomic E-state index is 0.172. The molecule has 3 amide bonds. The Labute approximate surface area is 187 Å². The molecule has 2 aromatic carbocycles. The predicted octanol–water partition coefficient (Wildman–Crippen LogP) is 4.43. The fraction of sp³-hybridized carbons (Fsp3) is 0.417. The van der Waals surface area contributed by atoms with Crippen LogP contribution in [0.1, 0.15) is 24.0 Å². The third-order valence-electron chi connectivity index (χ3n) is 6.34. The van der Waals surface area contributed by atoms with Crippen LogP contribution in [0, 0.1) is 12.8 Å². The largest absolute Gasteiger partial charge is 0.379 e. The van der Waals surface area contributed by atoms with Gasteiger partial charge in [0.1, 0.15) is 0 Å². The lowest BCUT2D eigenvalue weighted by molar-refractivity contribution is -0.137. The molecule has 4 rings (SSSR count). The second-order valence-corrected chi connectivity index (χ2v) is 8.68. The van der Waals surface area contributed by atoms with Gasteiger partial charge in [-0.3, -0.25) is 4.79 Å². The Bertz CT molecular complexity index is 964. The molecule has 1 saturated carbocycles. The first-order valence-electron chi connectivity index (χ1n) is 10.4. The number of carbonyl (C=O) groups is 2.